The van der Waals surface area contributed by atoms with Crippen LogP contribution in [0, 0.1) is 0 Å². The van der Waals surface area contributed by atoms with E-state index in [2.05, 4.69) is 6.92 Å². The van der Waals surface area contributed by atoms with Gasteiger partial charge < -0.3 is 9.84 Å². The molecule has 0 fully saturated rings. The molecule has 110 valence electrons. The van der Waals surface area contributed by atoms with Crippen LogP contribution in [0.15, 0.2) is 24.3 Å². The first-order chi connectivity index (χ1) is 9.60. The Morgan fingerprint density at radius 1 is 1.25 bits per heavy atom. The molecule has 0 aromatic heterocycles. The average Bonchev–Trinajstić information content (AvgIpc) is 2.43. The average molecular weight is 278 g/mol. The third-order valence-electron chi connectivity index (χ3n) is 3.26. The number of carbonyl (C=O) groups is 2. The molecule has 0 bridgehead atoms. The van der Waals surface area contributed by atoms with Crippen molar-refractivity contribution in [3.63, 3.8) is 0 Å². The first-order valence-electron chi connectivity index (χ1n) is 7.07. The van der Waals surface area contributed by atoms with Crippen LogP contribution in [0.4, 0.5) is 0 Å². The van der Waals surface area contributed by atoms with Gasteiger partial charge in [0.15, 0.2) is 0 Å². The van der Waals surface area contributed by atoms with Gasteiger partial charge in [-0.05, 0) is 30.9 Å². The number of carbonyl (C=O) groups excluding carboxylic acids is 1. The predicted octanol–water partition coefficient (Wildman–Crippen LogP) is 3.61. The number of rotatable bonds is 8. The lowest BCUT2D eigenvalue weighted by atomic mass is 9.87. The molecule has 0 aliphatic rings. The van der Waals surface area contributed by atoms with Crippen molar-refractivity contribution in [1.82, 2.24) is 0 Å². The lowest BCUT2D eigenvalue weighted by Gasteiger charge is -2.18. The van der Waals surface area contributed by atoms with Gasteiger partial charge >= 0.3 is 11.9 Å². The summed E-state index contributed by atoms with van der Waals surface area (Å²) in [5, 5.41) is 9.26. The van der Waals surface area contributed by atoms with Crippen LogP contribution >= 0.6 is 0 Å². The fraction of sp³-hybridized carbons (Fsp3) is 0.500. The topological polar surface area (TPSA) is 63.6 Å². The monoisotopic (exact) mass is 278 g/mol. The Morgan fingerprint density at radius 3 is 2.55 bits per heavy atom. The molecule has 4 heteroatoms. The van der Waals surface area contributed by atoms with Gasteiger partial charge in [-0.25, -0.2) is 4.79 Å². The minimum absolute atomic E-state index is 0.0960. The van der Waals surface area contributed by atoms with E-state index in [1.807, 2.05) is 6.07 Å². The lowest BCUT2D eigenvalue weighted by molar-refractivity contribution is -0.143. The fourth-order valence-electron chi connectivity index (χ4n) is 2.29. The van der Waals surface area contributed by atoms with Crippen LogP contribution in [0.25, 0.3) is 0 Å². The van der Waals surface area contributed by atoms with Crippen LogP contribution in [0.2, 0.25) is 0 Å². The molecule has 1 unspecified atom stereocenters. The number of carboxylic acids is 1. The maximum atomic E-state index is 11.7. The minimum Gasteiger partial charge on any atom is -0.478 e. The molecule has 0 heterocycles. The molecule has 0 spiro atoms. The number of aromatic carboxylic acids is 1. The molecule has 0 saturated carbocycles. The fourth-order valence-corrected chi connectivity index (χ4v) is 2.29. The Hall–Kier alpha value is -1.84. The van der Waals surface area contributed by atoms with E-state index in [4.69, 9.17) is 4.74 Å². The molecule has 1 aromatic carbocycles. The Kier molecular flexibility index (Phi) is 6.77. The molecule has 1 rings (SSSR count). The van der Waals surface area contributed by atoms with Gasteiger partial charge in [-0.3, -0.25) is 4.79 Å². The van der Waals surface area contributed by atoms with Crippen molar-refractivity contribution >= 4 is 11.9 Å². The third kappa shape index (κ3) is 4.68. The second kappa shape index (κ2) is 8.35. The van der Waals surface area contributed by atoms with Crippen molar-refractivity contribution in [1.29, 1.82) is 0 Å². The molecule has 0 amide bonds. The molecule has 1 N–H and O–H groups in total. The van der Waals surface area contributed by atoms with E-state index >= 15 is 0 Å². The second-order valence-electron chi connectivity index (χ2n) is 4.74. The van der Waals surface area contributed by atoms with E-state index in [-0.39, 0.29) is 23.9 Å². The Bertz CT molecular complexity index is 454. The molecule has 1 atom stereocenters. The van der Waals surface area contributed by atoms with Crippen LogP contribution in [0.1, 0.15) is 61.4 Å². The highest BCUT2D eigenvalue weighted by molar-refractivity contribution is 5.89. The number of hydrogen-bond donors (Lipinski definition) is 1. The predicted molar refractivity (Wildman–Crippen MR) is 76.9 cm³/mol. The Balaban J connectivity index is 2.97. The molecular formula is C16H22O4. The second-order valence-corrected chi connectivity index (χ2v) is 4.74. The summed E-state index contributed by atoms with van der Waals surface area (Å²) in [5.41, 5.74) is 0.999. The van der Waals surface area contributed by atoms with E-state index in [1.165, 1.54) is 0 Å². The molecule has 1 aromatic rings. The molecular weight excluding hydrogens is 256 g/mol. The van der Waals surface area contributed by atoms with Gasteiger partial charge in [0.1, 0.15) is 0 Å². The van der Waals surface area contributed by atoms with Gasteiger partial charge in [0, 0.05) is 0 Å². The molecule has 0 aliphatic heterocycles. The van der Waals surface area contributed by atoms with Gasteiger partial charge in [-0.1, -0.05) is 38.0 Å². The van der Waals surface area contributed by atoms with Crippen molar-refractivity contribution < 1.29 is 19.4 Å². The smallest absolute Gasteiger partial charge is 0.335 e. The van der Waals surface area contributed by atoms with Gasteiger partial charge in [-0.15, -0.1) is 0 Å². The highest BCUT2D eigenvalue weighted by Crippen LogP contribution is 2.29. The first kappa shape index (κ1) is 16.2. The van der Waals surface area contributed by atoms with Gasteiger partial charge in [-0.2, -0.15) is 0 Å². The summed E-state index contributed by atoms with van der Waals surface area (Å²) in [6.07, 6.45) is 2.99. The number of unbranched alkanes of at least 4 members (excludes halogenated alkanes) is 1. The van der Waals surface area contributed by atoms with Crippen molar-refractivity contribution in [2.75, 3.05) is 6.61 Å². The summed E-state index contributed by atoms with van der Waals surface area (Å²) >= 11 is 0. The summed E-state index contributed by atoms with van der Waals surface area (Å²) in [6, 6.07) is 6.89. The molecule has 20 heavy (non-hydrogen) atoms. The quantitative estimate of drug-likeness (QED) is 0.738. The number of carboxylic acid groups (broad SMARTS) is 1. The molecule has 0 saturated heterocycles. The molecule has 0 aliphatic carbocycles. The van der Waals surface area contributed by atoms with E-state index in [9.17, 15) is 14.7 Å². The van der Waals surface area contributed by atoms with Crippen molar-refractivity contribution in [2.24, 2.45) is 0 Å². The zero-order valence-corrected chi connectivity index (χ0v) is 12.1. The van der Waals surface area contributed by atoms with Gasteiger partial charge in [0.05, 0.1) is 18.6 Å². The van der Waals surface area contributed by atoms with E-state index in [0.717, 1.165) is 24.8 Å². The lowest BCUT2D eigenvalue weighted by Crippen LogP contribution is -2.13. The zero-order chi connectivity index (χ0) is 15.0. The number of esters is 1. The normalized spacial score (nSPS) is 11.9. The highest BCUT2D eigenvalue weighted by Gasteiger charge is 2.21. The summed E-state index contributed by atoms with van der Waals surface area (Å²) in [6.45, 7) is 4.19. The summed E-state index contributed by atoms with van der Waals surface area (Å²) in [5.74, 6) is -1.32. The van der Waals surface area contributed by atoms with Crippen molar-refractivity contribution in [3.8, 4) is 0 Å². The van der Waals surface area contributed by atoms with Crippen molar-refractivity contribution in [3.05, 3.63) is 35.4 Å². The van der Waals surface area contributed by atoms with Crippen LogP contribution in [-0.2, 0) is 9.53 Å². The van der Waals surface area contributed by atoms with Crippen LogP contribution in [0.3, 0.4) is 0 Å². The maximum absolute atomic E-state index is 11.7. The Labute approximate surface area is 119 Å². The highest BCUT2D eigenvalue weighted by atomic mass is 16.5. The summed E-state index contributed by atoms with van der Waals surface area (Å²) in [7, 11) is 0. The van der Waals surface area contributed by atoms with Crippen LogP contribution in [0.5, 0.6) is 0 Å². The van der Waals surface area contributed by atoms with Gasteiger partial charge in [0.2, 0.25) is 0 Å². The summed E-state index contributed by atoms with van der Waals surface area (Å²) in [4.78, 5) is 23.0. The van der Waals surface area contributed by atoms with Crippen LogP contribution in [-0.4, -0.2) is 23.7 Å². The maximum Gasteiger partial charge on any atom is 0.335 e. The number of hydrogen-bond acceptors (Lipinski definition) is 3. The van der Waals surface area contributed by atoms with Gasteiger partial charge in [0.25, 0.3) is 0 Å². The van der Waals surface area contributed by atoms with Crippen molar-refractivity contribution in [2.45, 2.75) is 45.4 Å². The standard InChI is InChI=1S/C16H22O4/c1-3-5-8-12(11-15(17)20-4-2)13-9-6-7-10-14(13)16(18)19/h6-7,9-10,12H,3-5,8,11H2,1-2H3,(H,18,19). The van der Waals surface area contributed by atoms with E-state index < -0.39 is 5.97 Å². The minimum atomic E-state index is -0.953. The van der Waals surface area contributed by atoms with Crippen LogP contribution < -0.4 is 0 Å². The first-order valence-corrected chi connectivity index (χ1v) is 7.07. The van der Waals surface area contributed by atoms with E-state index in [1.54, 1.807) is 25.1 Å². The zero-order valence-electron chi connectivity index (χ0n) is 12.1. The Morgan fingerprint density at radius 2 is 1.95 bits per heavy atom. The van der Waals surface area contributed by atoms with E-state index in [0.29, 0.717) is 6.61 Å². The summed E-state index contributed by atoms with van der Waals surface area (Å²) < 4.78 is 4.99. The number of ether oxygens (including phenoxy) is 1. The largest absolute Gasteiger partial charge is 0.478 e. The molecule has 0 radical (unpaired) electrons. The third-order valence-corrected chi connectivity index (χ3v) is 3.26. The molecule has 4 nitrogen and oxygen atoms in total. The SMILES string of the molecule is CCCCC(CC(=O)OCC)c1ccccc1C(=O)O. The number of benzene rings is 1.